The molecule has 94 valence electrons. The largest absolute Gasteiger partial charge is 0.378 e. The lowest BCUT2D eigenvalue weighted by Gasteiger charge is -2.17. The van der Waals surface area contributed by atoms with Crippen molar-refractivity contribution in [2.75, 3.05) is 33.3 Å². The van der Waals surface area contributed by atoms with Gasteiger partial charge in [0.15, 0.2) is 0 Å². The fourth-order valence-electron chi connectivity index (χ4n) is 2.32. The van der Waals surface area contributed by atoms with Crippen molar-refractivity contribution in [2.45, 2.75) is 50.7 Å². The molecule has 0 aromatic heterocycles. The lowest BCUT2D eigenvalue weighted by Crippen LogP contribution is -2.31. The molecule has 1 atom stereocenters. The first-order chi connectivity index (χ1) is 7.84. The Morgan fingerprint density at radius 1 is 1.25 bits per heavy atom. The molecule has 0 aromatic rings. The van der Waals surface area contributed by atoms with E-state index in [-0.39, 0.29) is 0 Å². The number of hydrogen-bond donors (Lipinski definition) is 1. The van der Waals surface area contributed by atoms with Gasteiger partial charge in [-0.1, -0.05) is 0 Å². The molecule has 3 nitrogen and oxygen atoms in total. The van der Waals surface area contributed by atoms with Crippen molar-refractivity contribution < 1.29 is 4.74 Å². The van der Waals surface area contributed by atoms with Crippen LogP contribution in [0.15, 0.2) is 0 Å². The molecule has 2 aliphatic rings. The first-order valence-corrected chi connectivity index (χ1v) is 6.88. The Balaban J connectivity index is 1.41. The highest BCUT2D eigenvalue weighted by molar-refractivity contribution is 4.80. The number of nitrogens with zero attached hydrogens (tertiary/aromatic N) is 1. The molecule has 0 aromatic carbocycles. The van der Waals surface area contributed by atoms with Crippen LogP contribution in [-0.4, -0.2) is 50.3 Å². The number of likely N-dealkylation sites (N-methyl/N-ethyl adjacent to an activating group) is 1. The van der Waals surface area contributed by atoms with E-state index in [9.17, 15) is 0 Å². The minimum atomic E-state index is 0.568. The molecule has 3 heteroatoms. The molecule has 0 amide bonds. The molecule has 2 rings (SSSR count). The van der Waals surface area contributed by atoms with Crippen molar-refractivity contribution >= 4 is 0 Å². The van der Waals surface area contributed by atoms with Gasteiger partial charge in [0.2, 0.25) is 0 Å². The smallest absolute Gasteiger partial charge is 0.0576 e. The van der Waals surface area contributed by atoms with E-state index in [1.54, 1.807) is 0 Å². The van der Waals surface area contributed by atoms with Crippen molar-refractivity contribution in [3.8, 4) is 0 Å². The van der Waals surface area contributed by atoms with Gasteiger partial charge >= 0.3 is 0 Å². The molecule has 0 spiro atoms. The normalized spacial score (nSPS) is 25.5. The summed E-state index contributed by atoms with van der Waals surface area (Å²) in [7, 11) is 2.23. The van der Waals surface area contributed by atoms with Gasteiger partial charge in [0.05, 0.1) is 6.10 Å². The van der Waals surface area contributed by atoms with Crippen LogP contribution in [0.4, 0.5) is 0 Å². The standard InChI is InChI=1S/C13H26N2O/c1-15(10-8-14-12-6-7-12)9-2-4-13-5-3-11-16-13/h12-14H,2-11H2,1H3. The van der Waals surface area contributed by atoms with Crippen LogP contribution in [0.2, 0.25) is 0 Å². The second kappa shape index (κ2) is 6.58. The minimum Gasteiger partial charge on any atom is -0.378 e. The van der Waals surface area contributed by atoms with Gasteiger partial charge in [0.1, 0.15) is 0 Å². The van der Waals surface area contributed by atoms with Crippen molar-refractivity contribution in [3.05, 3.63) is 0 Å². The van der Waals surface area contributed by atoms with E-state index in [0.29, 0.717) is 6.10 Å². The van der Waals surface area contributed by atoms with Gasteiger partial charge in [0.25, 0.3) is 0 Å². The summed E-state index contributed by atoms with van der Waals surface area (Å²) < 4.78 is 5.62. The molecular formula is C13H26N2O. The van der Waals surface area contributed by atoms with Gasteiger partial charge in [-0.2, -0.15) is 0 Å². The quantitative estimate of drug-likeness (QED) is 0.681. The highest BCUT2D eigenvalue weighted by Gasteiger charge is 2.19. The van der Waals surface area contributed by atoms with Gasteiger partial charge in [-0.25, -0.2) is 0 Å². The van der Waals surface area contributed by atoms with Crippen molar-refractivity contribution in [1.29, 1.82) is 0 Å². The van der Waals surface area contributed by atoms with E-state index >= 15 is 0 Å². The van der Waals surface area contributed by atoms with Crippen molar-refractivity contribution in [1.82, 2.24) is 10.2 Å². The average molecular weight is 226 g/mol. The van der Waals surface area contributed by atoms with Gasteiger partial charge in [-0.3, -0.25) is 0 Å². The summed E-state index contributed by atoms with van der Waals surface area (Å²) in [6.45, 7) is 4.54. The Bertz CT molecular complexity index is 188. The summed E-state index contributed by atoms with van der Waals surface area (Å²) in [4.78, 5) is 2.43. The minimum absolute atomic E-state index is 0.568. The zero-order valence-corrected chi connectivity index (χ0v) is 10.6. The van der Waals surface area contributed by atoms with Crippen LogP contribution < -0.4 is 5.32 Å². The maximum Gasteiger partial charge on any atom is 0.0576 e. The summed E-state index contributed by atoms with van der Waals surface area (Å²) in [5, 5.41) is 3.55. The maximum absolute atomic E-state index is 5.62. The van der Waals surface area contributed by atoms with Crippen LogP contribution in [0, 0.1) is 0 Å². The average Bonchev–Trinajstić information content (AvgIpc) is 2.94. The molecule has 1 unspecified atom stereocenters. The third kappa shape index (κ3) is 4.81. The maximum atomic E-state index is 5.62. The van der Waals surface area contributed by atoms with E-state index < -0.39 is 0 Å². The summed E-state index contributed by atoms with van der Waals surface area (Å²) in [6.07, 6.45) is 8.44. The fourth-order valence-corrected chi connectivity index (χ4v) is 2.32. The molecule has 1 saturated heterocycles. The summed E-state index contributed by atoms with van der Waals surface area (Å²) in [5.74, 6) is 0. The molecule has 0 radical (unpaired) electrons. The monoisotopic (exact) mass is 226 g/mol. The molecule has 1 aliphatic carbocycles. The van der Waals surface area contributed by atoms with E-state index in [2.05, 4.69) is 17.3 Å². The predicted octanol–water partition coefficient (Wildman–Crippen LogP) is 1.63. The highest BCUT2D eigenvalue weighted by atomic mass is 16.5. The Kier molecular flexibility index (Phi) is 5.07. The first-order valence-electron chi connectivity index (χ1n) is 6.88. The molecule has 1 N–H and O–H groups in total. The van der Waals surface area contributed by atoms with Crippen molar-refractivity contribution in [2.24, 2.45) is 0 Å². The van der Waals surface area contributed by atoms with Crippen LogP contribution in [0.25, 0.3) is 0 Å². The number of hydrogen-bond acceptors (Lipinski definition) is 3. The van der Waals surface area contributed by atoms with E-state index in [0.717, 1.165) is 19.2 Å². The molecule has 16 heavy (non-hydrogen) atoms. The predicted molar refractivity (Wildman–Crippen MR) is 66.7 cm³/mol. The topological polar surface area (TPSA) is 24.5 Å². The van der Waals surface area contributed by atoms with Gasteiger partial charge < -0.3 is 15.0 Å². The number of ether oxygens (including phenoxy) is 1. The van der Waals surface area contributed by atoms with Crippen LogP contribution in [0.3, 0.4) is 0 Å². The van der Waals surface area contributed by atoms with Crippen molar-refractivity contribution in [3.63, 3.8) is 0 Å². The van der Waals surface area contributed by atoms with Gasteiger partial charge in [-0.15, -0.1) is 0 Å². The summed E-state index contributed by atoms with van der Waals surface area (Å²) in [5.41, 5.74) is 0. The fraction of sp³-hybridized carbons (Fsp3) is 1.00. The molecule has 1 heterocycles. The van der Waals surface area contributed by atoms with E-state index in [1.165, 1.54) is 51.6 Å². The Hall–Kier alpha value is -0.120. The molecule has 2 fully saturated rings. The third-order valence-corrected chi connectivity index (χ3v) is 3.59. The SMILES string of the molecule is CN(CCCC1CCCO1)CCNC1CC1. The Morgan fingerprint density at radius 2 is 2.12 bits per heavy atom. The molecular weight excluding hydrogens is 200 g/mol. The second-order valence-corrected chi connectivity index (χ2v) is 5.31. The highest BCUT2D eigenvalue weighted by Crippen LogP contribution is 2.18. The zero-order chi connectivity index (χ0) is 11.2. The Morgan fingerprint density at radius 3 is 2.81 bits per heavy atom. The Labute approximate surface area is 99.5 Å². The zero-order valence-electron chi connectivity index (χ0n) is 10.6. The summed E-state index contributed by atoms with van der Waals surface area (Å²) >= 11 is 0. The van der Waals surface area contributed by atoms with Gasteiger partial charge in [0, 0.05) is 25.7 Å². The number of rotatable bonds is 8. The van der Waals surface area contributed by atoms with E-state index in [1.807, 2.05) is 0 Å². The lowest BCUT2D eigenvalue weighted by molar-refractivity contribution is 0.0997. The van der Waals surface area contributed by atoms with E-state index in [4.69, 9.17) is 4.74 Å². The van der Waals surface area contributed by atoms with Crippen LogP contribution in [0.1, 0.15) is 38.5 Å². The second-order valence-electron chi connectivity index (χ2n) is 5.31. The number of nitrogens with one attached hydrogen (secondary N) is 1. The molecule has 1 saturated carbocycles. The summed E-state index contributed by atoms with van der Waals surface area (Å²) in [6, 6.07) is 0.847. The van der Waals surface area contributed by atoms with Gasteiger partial charge in [-0.05, 0) is 52.1 Å². The molecule has 1 aliphatic heterocycles. The lowest BCUT2D eigenvalue weighted by atomic mass is 10.1. The third-order valence-electron chi connectivity index (χ3n) is 3.59. The van der Waals surface area contributed by atoms with Crippen LogP contribution in [-0.2, 0) is 4.74 Å². The van der Waals surface area contributed by atoms with Crippen LogP contribution in [0.5, 0.6) is 0 Å². The first kappa shape index (κ1) is 12.3. The van der Waals surface area contributed by atoms with Crippen LogP contribution >= 0.6 is 0 Å². The molecule has 0 bridgehead atoms.